The minimum Gasteiger partial charge on any atom is -0.469 e. The zero-order valence-electron chi connectivity index (χ0n) is 11.7. The zero-order chi connectivity index (χ0) is 14.5. The van der Waals surface area contributed by atoms with Crippen molar-refractivity contribution in [2.45, 2.75) is 24.3 Å². The number of thiazole rings is 1. The molecule has 0 N–H and O–H groups in total. The van der Waals surface area contributed by atoms with Gasteiger partial charge in [-0.05, 0) is 0 Å². The number of ether oxygens (including phenoxy) is 1. The van der Waals surface area contributed by atoms with Crippen molar-refractivity contribution in [3.63, 3.8) is 0 Å². The van der Waals surface area contributed by atoms with E-state index in [2.05, 4.69) is 20.2 Å². The van der Waals surface area contributed by atoms with Gasteiger partial charge in [0.15, 0.2) is 0 Å². The Morgan fingerprint density at radius 1 is 1.60 bits per heavy atom. The highest BCUT2D eigenvalue weighted by molar-refractivity contribution is 7.99. The topological polar surface area (TPSA) is 57.0 Å². The molecule has 108 valence electrons. The van der Waals surface area contributed by atoms with Crippen molar-refractivity contribution in [3.05, 3.63) is 23.5 Å². The predicted molar refractivity (Wildman–Crippen MR) is 81.7 cm³/mol. The van der Waals surface area contributed by atoms with Crippen molar-refractivity contribution in [2.75, 3.05) is 7.11 Å². The number of thioether (sulfide) groups is 1. The molecule has 2 aromatic heterocycles. The van der Waals surface area contributed by atoms with Gasteiger partial charge >= 0.3 is 5.97 Å². The van der Waals surface area contributed by atoms with Gasteiger partial charge in [-0.1, -0.05) is 6.92 Å². The van der Waals surface area contributed by atoms with Crippen LogP contribution in [-0.4, -0.2) is 33.1 Å². The van der Waals surface area contributed by atoms with Gasteiger partial charge in [-0.25, -0.2) is 4.98 Å². The molecule has 0 amide bonds. The molecule has 5 nitrogen and oxygen atoms in total. The van der Waals surface area contributed by atoms with E-state index >= 15 is 0 Å². The summed E-state index contributed by atoms with van der Waals surface area (Å²) < 4.78 is 6.43. The summed E-state index contributed by atoms with van der Waals surface area (Å²) in [5.74, 6) is 0.633. The number of methoxy groups -OCH3 is 1. The number of carbonyl (C=O) groups is 1. The molecule has 0 fully saturated rings. The summed E-state index contributed by atoms with van der Waals surface area (Å²) in [4.78, 5) is 15.8. The minimum atomic E-state index is -0.167. The van der Waals surface area contributed by atoms with Crippen LogP contribution in [0, 0.1) is 0 Å². The van der Waals surface area contributed by atoms with E-state index in [1.165, 1.54) is 7.11 Å². The first-order chi connectivity index (χ1) is 9.58. The Balaban J connectivity index is 1.88. The normalized spacial score (nSPS) is 12.3. The molecule has 0 aromatic carbocycles. The number of rotatable bonds is 6. The number of aryl methyl sites for hydroxylation is 1. The maximum atomic E-state index is 11.2. The van der Waals surface area contributed by atoms with Crippen molar-refractivity contribution >= 4 is 29.1 Å². The van der Waals surface area contributed by atoms with Crippen LogP contribution in [0.5, 0.6) is 0 Å². The van der Waals surface area contributed by atoms with Crippen molar-refractivity contribution in [2.24, 2.45) is 7.05 Å². The summed E-state index contributed by atoms with van der Waals surface area (Å²) in [7, 11) is 3.31. The van der Waals surface area contributed by atoms with Crippen LogP contribution in [0.15, 0.2) is 17.8 Å². The van der Waals surface area contributed by atoms with Crippen LogP contribution in [0.25, 0.3) is 10.6 Å². The molecular weight excluding hydrogens is 294 g/mol. The highest BCUT2D eigenvalue weighted by Gasteiger charge is 2.12. The van der Waals surface area contributed by atoms with Gasteiger partial charge in [0.2, 0.25) is 0 Å². The lowest BCUT2D eigenvalue weighted by atomic mass is 10.3. The molecule has 0 saturated carbocycles. The number of hydrogen-bond acceptors (Lipinski definition) is 6. The van der Waals surface area contributed by atoms with Crippen LogP contribution >= 0.6 is 23.1 Å². The molecule has 2 rings (SSSR count). The Labute approximate surface area is 126 Å². The molecular formula is C13H17N3O2S2. The summed E-state index contributed by atoms with van der Waals surface area (Å²) in [6.07, 6.45) is 4.20. The molecule has 2 aromatic rings. The Kier molecular flexibility index (Phi) is 5.19. The molecule has 1 atom stereocenters. The Hall–Kier alpha value is -1.34. The fourth-order valence-corrected chi connectivity index (χ4v) is 3.40. The molecule has 2 heterocycles. The second kappa shape index (κ2) is 6.90. The van der Waals surface area contributed by atoms with Gasteiger partial charge in [0.1, 0.15) is 5.01 Å². The molecule has 0 aliphatic carbocycles. The first-order valence-corrected chi connectivity index (χ1v) is 8.13. The standard InChI is InChI=1S/C13H17N3O2S2/c1-9(4-12(17)18-3)19-7-11-8-20-13(15-11)10-5-14-16(2)6-10/h5-6,8-9H,4,7H2,1-3H3/t9-/m1/s1. The maximum absolute atomic E-state index is 11.2. The largest absolute Gasteiger partial charge is 0.469 e. The summed E-state index contributed by atoms with van der Waals surface area (Å²) in [5.41, 5.74) is 2.08. The number of carbonyl (C=O) groups excluding carboxylic acids is 1. The van der Waals surface area contributed by atoms with Crippen LogP contribution in [0.2, 0.25) is 0 Å². The fraction of sp³-hybridized carbons (Fsp3) is 0.462. The molecule has 0 radical (unpaired) electrons. The molecule has 0 aliphatic rings. The third kappa shape index (κ3) is 4.08. The lowest BCUT2D eigenvalue weighted by Gasteiger charge is -2.08. The highest BCUT2D eigenvalue weighted by atomic mass is 32.2. The summed E-state index contributed by atoms with van der Waals surface area (Å²) in [6, 6.07) is 0. The van der Waals surface area contributed by atoms with Crippen molar-refractivity contribution in [1.82, 2.24) is 14.8 Å². The fourth-order valence-electron chi connectivity index (χ4n) is 1.64. The highest BCUT2D eigenvalue weighted by Crippen LogP contribution is 2.26. The average Bonchev–Trinajstić information content (AvgIpc) is 3.04. The third-order valence-electron chi connectivity index (χ3n) is 2.70. The Morgan fingerprint density at radius 2 is 2.40 bits per heavy atom. The molecule has 0 aliphatic heterocycles. The van der Waals surface area contributed by atoms with Crippen molar-refractivity contribution < 1.29 is 9.53 Å². The van der Waals surface area contributed by atoms with E-state index < -0.39 is 0 Å². The lowest BCUT2D eigenvalue weighted by Crippen LogP contribution is -2.08. The van der Waals surface area contributed by atoms with Gasteiger partial charge < -0.3 is 4.74 Å². The maximum Gasteiger partial charge on any atom is 0.306 e. The van der Waals surface area contributed by atoms with E-state index in [1.807, 2.05) is 26.4 Å². The van der Waals surface area contributed by atoms with E-state index in [-0.39, 0.29) is 11.2 Å². The summed E-state index contributed by atoms with van der Waals surface area (Å²) in [6.45, 7) is 2.02. The van der Waals surface area contributed by atoms with Crippen LogP contribution in [-0.2, 0) is 22.3 Å². The molecule has 7 heteroatoms. The van der Waals surface area contributed by atoms with Gasteiger partial charge in [-0.2, -0.15) is 16.9 Å². The van der Waals surface area contributed by atoms with Gasteiger partial charge in [0.05, 0.1) is 25.4 Å². The van der Waals surface area contributed by atoms with E-state index in [0.29, 0.717) is 6.42 Å². The van der Waals surface area contributed by atoms with E-state index in [0.717, 1.165) is 22.0 Å². The number of esters is 1. The number of nitrogens with zero attached hydrogens (tertiary/aromatic N) is 3. The number of hydrogen-bond donors (Lipinski definition) is 0. The first kappa shape index (κ1) is 15.1. The Bertz CT molecular complexity index is 580. The van der Waals surface area contributed by atoms with Crippen LogP contribution in [0.4, 0.5) is 0 Å². The van der Waals surface area contributed by atoms with Crippen LogP contribution < -0.4 is 0 Å². The van der Waals surface area contributed by atoms with Gasteiger partial charge in [-0.15, -0.1) is 11.3 Å². The van der Waals surface area contributed by atoms with Crippen molar-refractivity contribution in [1.29, 1.82) is 0 Å². The van der Waals surface area contributed by atoms with Crippen LogP contribution in [0.1, 0.15) is 19.0 Å². The van der Waals surface area contributed by atoms with Crippen molar-refractivity contribution in [3.8, 4) is 10.6 Å². The van der Waals surface area contributed by atoms with E-state index in [4.69, 9.17) is 0 Å². The smallest absolute Gasteiger partial charge is 0.306 e. The average molecular weight is 311 g/mol. The van der Waals surface area contributed by atoms with Gasteiger partial charge in [0.25, 0.3) is 0 Å². The molecule has 0 saturated heterocycles. The molecule has 0 spiro atoms. The molecule has 20 heavy (non-hydrogen) atoms. The third-order valence-corrected chi connectivity index (χ3v) is 4.84. The lowest BCUT2D eigenvalue weighted by molar-refractivity contribution is -0.140. The monoisotopic (exact) mass is 311 g/mol. The minimum absolute atomic E-state index is 0.167. The summed E-state index contributed by atoms with van der Waals surface area (Å²) in [5, 5.41) is 7.41. The SMILES string of the molecule is COC(=O)C[C@@H](C)SCc1csc(-c2cnn(C)c2)n1. The second-order valence-corrected chi connectivity index (χ2v) is 6.73. The predicted octanol–water partition coefficient (Wildman–Crippen LogP) is 2.73. The van der Waals surface area contributed by atoms with E-state index in [9.17, 15) is 4.79 Å². The summed E-state index contributed by atoms with van der Waals surface area (Å²) >= 11 is 3.33. The molecule has 0 bridgehead atoms. The zero-order valence-corrected chi connectivity index (χ0v) is 13.3. The quantitative estimate of drug-likeness (QED) is 0.768. The second-order valence-electron chi connectivity index (χ2n) is 4.45. The van der Waals surface area contributed by atoms with Gasteiger partial charge in [-0.3, -0.25) is 9.48 Å². The Morgan fingerprint density at radius 3 is 3.05 bits per heavy atom. The molecule has 0 unspecified atom stereocenters. The van der Waals surface area contributed by atoms with Gasteiger partial charge in [0, 0.05) is 35.2 Å². The van der Waals surface area contributed by atoms with Crippen LogP contribution in [0.3, 0.4) is 0 Å². The number of aromatic nitrogens is 3. The first-order valence-electron chi connectivity index (χ1n) is 6.20. The van der Waals surface area contributed by atoms with E-state index in [1.54, 1.807) is 27.8 Å².